The highest BCUT2D eigenvalue weighted by atomic mass is 35.5. The molecule has 10 atom stereocenters. The maximum absolute atomic E-state index is 14.5. The summed E-state index contributed by atoms with van der Waals surface area (Å²) in [6, 6.07) is 7.25. The molecule has 1 aliphatic heterocycles. The van der Waals surface area contributed by atoms with Gasteiger partial charge in [-0.2, -0.15) is 0 Å². The molecule has 6 aliphatic rings. The Morgan fingerprint density at radius 1 is 0.900 bits per heavy atom. The van der Waals surface area contributed by atoms with Crippen LogP contribution in [0.4, 0.5) is 0 Å². The van der Waals surface area contributed by atoms with E-state index in [0.29, 0.717) is 60.5 Å². The van der Waals surface area contributed by atoms with Gasteiger partial charge in [-0.1, -0.05) is 83.8 Å². The van der Waals surface area contributed by atoms with E-state index in [1.165, 1.54) is 12.8 Å². The summed E-state index contributed by atoms with van der Waals surface area (Å²) in [7, 11) is 0. The molecule has 10 unspecified atom stereocenters. The van der Waals surface area contributed by atoms with E-state index in [2.05, 4.69) is 59.4 Å². The maximum Gasteiger partial charge on any atom is 0.312 e. The summed E-state index contributed by atoms with van der Waals surface area (Å²) < 4.78 is 6.32. The first-order chi connectivity index (χ1) is 23.6. The predicted octanol–water partition coefficient (Wildman–Crippen LogP) is 8.66. The highest BCUT2D eigenvalue weighted by Gasteiger charge is 2.69. The van der Waals surface area contributed by atoms with Crippen LogP contribution in [0.3, 0.4) is 0 Å². The first-order valence-corrected chi connectivity index (χ1v) is 20.3. The van der Waals surface area contributed by atoms with E-state index in [0.717, 1.165) is 58.0 Å². The lowest BCUT2D eigenvalue weighted by Crippen LogP contribution is -2.65. The molecule has 4 saturated carbocycles. The number of amides is 1. The first kappa shape index (κ1) is 36.5. The van der Waals surface area contributed by atoms with Crippen LogP contribution in [-0.2, 0) is 9.53 Å². The zero-order valence-corrected chi connectivity index (χ0v) is 32.7. The molecule has 5 aliphatic carbocycles. The minimum absolute atomic E-state index is 0.0162. The van der Waals surface area contributed by atoms with E-state index in [1.807, 2.05) is 17.0 Å². The number of aliphatic hydroxyl groups is 1. The molecule has 50 heavy (non-hydrogen) atoms. The van der Waals surface area contributed by atoms with Gasteiger partial charge in [0.25, 0.3) is 5.91 Å². The van der Waals surface area contributed by atoms with Gasteiger partial charge in [0.15, 0.2) is 0 Å². The molecule has 0 bridgehead atoms. The Bertz CT molecular complexity index is 1520. The fourth-order valence-corrected chi connectivity index (χ4v) is 13.4. The second-order valence-corrected chi connectivity index (χ2v) is 19.3. The minimum atomic E-state index is -0.446. The molecule has 1 amide bonds. The molecule has 1 saturated heterocycles. The van der Waals surface area contributed by atoms with Crippen LogP contribution >= 0.6 is 11.6 Å². The Balaban J connectivity index is 1.06. The number of aliphatic hydroxyl groups excluding tert-OH is 1. The van der Waals surface area contributed by atoms with E-state index in [1.54, 1.807) is 17.7 Å². The molecule has 0 spiro atoms. The van der Waals surface area contributed by atoms with Crippen LogP contribution in [0.25, 0.3) is 0 Å². The van der Waals surface area contributed by atoms with E-state index in [4.69, 9.17) is 16.3 Å². The average Bonchev–Trinajstić information content (AvgIpc) is 3.08. The van der Waals surface area contributed by atoms with Crippen molar-refractivity contribution in [2.75, 3.05) is 39.3 Å². The molecular weight excluding hydrogens is 644 g/mol. The minimum Gasteiger partial charge on any atom is -0.464 e. The summed E-state index contributed by atoms with van der Waals surface area (Å²) in [6.45, 7) is 21.1. The first-order valence-electron chi connectivity index (χ1n) is 19.9. The van der Waals surface area contributed by atoms with Crippen LogP contribution in [0, 0.1) is 56.7 Å². The number of carbonyl (C=O) groups is 2. The van der Waals surface area contributed by atoms with Crippen molar-refractivity contribution in [3.63, 3.8) is 0 Å². The predicted molar refractivity (Wildman–Crippen MR) is 200 cm³/mol. The summed E-state index contributed by atoms with van der Waals surface area (Å²) in [5.74, 6) is 2.37. The molecular formula is C43H63ClN2O4. The molecule has 1 aromatic rings. The van der Waals surface area contributed by atoms with Crippen LogP contribution < -0.4 is 0 Å². The molecule has 276 valence electrons. The summed E-state index contributed by atoms with van der Waals surface area (Å²) in [6.07, 6.45) is 11.9. The van der Waals surface area contributed by atoms with Crippen molar-refractivity contribution in [1.29, 1.82) is 0 Å². The molecule has 6 nitrogen and oxygen atoms in total. The normalized spacial score (nSPS) is 42.7. The summed E-state index contributed by atoms with van der Waals surface area (Å²) >= 11 is 6.30. The SMILES string of the molecule is CC1CCC2(C(=O)OCCN3CCN(C(=O)c4ccccc4Cl)CC3)CCC3(C)C(=CCC4C5(C)CCC(O)C(C)(C)C5CCC43C)C2C1C. The van der Waals surface area contributed by atoms with Gasteiger partial charge in [0.2, 0.25) is 0 Å². The van der Waals surface area contributed by atoms with Crippen molar-refractivity contribution in [3.05, 3.63) is 46.5 Å². The second-order valence-electron chi connectivity index (χ2n) is 18.9. The number of piperazine rings is 1. The van der Waals surface area contributed by atoms with Crippen molar-refractivity contribution < 1.29 is 19.4 Å². The van der Waals surface area contributed by atoms with Crippen LogP contribution in [0.15, 0.2) is 35.9 Å². The van der Waals surface area contributed by atoms with Gasteiger partial charge in [-0.15, -0.1) is 0 Å². The molecule has 0 aromatic heterocycles. The largest absolute Gasteiger partial charge is 0.464 e. The molecule has 5 fully saturated rings. The number of carbonyl (C=O) groups excluding carboxylic acids is 2. The third kappa shape index (κ3) is 5.38. The number of nitrogens with zero attached hydrogens (tertiary/aromatic N) is 2. The molecule has 1 aromatic carbocycles. The van der Waals surface area contributed by atoms with Crippen LogP contribution in [0.5, 0.6) is 0 Å². The fourth-order valence-electron chi connectivity index (χ4n) is 13.2. The Morgan fingerprint density at radius 2 is 1.62 bits per heavy atom. The Labute approximate surface area is 306 Å². The number of benzene rings is 1. The number of ether oxygens (including phenoxy) is 1. The maximum atomic E-state index is 14.5. The number of fused-ring (bicyclic) bond motifs is 7. The quantitative estimate of drug-likeness (QED) is 0.245. The van der Waals surface area contributed by atoms with Crippen molar-refractivity contribution in [1.82, 2.24) is 9.80 Å². The summed E-state index contributed by atoms with van der Waals surface area (Å²) in [4.78, 5) is 31.8. The Morgan fingerprint density at radius 3 is 2.34 bits per heavy atom. The van der Waals surface area contributed by atoms with Crippen LogP contribution in [0.1, 0.15) is 117 Å². The van der Waals surface area contributed by atoms with Crippen molar-refractivity contribution in [3.8, 4) is 0 Å². The van der Waals surface area contributed by atoms with E-state index >= 15 is 0 Å². The number of hydrogen-bond donors (Lipinski definition) is 1. The van der Waals surface area contributed by atoms with Gasteiger partial charge in [-0.05, 0) is 121 Å². The van der Waals surface area contributed by atoms with Gasteiger partial charge in [-0.25, -0.2) is 0 Å². The lowest BCUT2D eigenvalue weighted by atomic mass is 9.33. The molecule has 1 heterocycles. The Hall–Kier alpha value is -1.89. The molecule has 1 N–H and O–H groups in total. The average molecular weight is 707 g/mol. The third-order valence-corrected chi connectivity index (χ3v) is 17.1. The van der Waals surface area contributed by atoms with E-state index in [9.17, 15) is 14.7 Å². The van der Waals surface area contributed by atoms with Gasteiger partial charge < -0.3 is 14.7 Å². The van der Waals surface area contributed by atoms with Gasteiger partial charge in [0.05, 0.1) is 22.1 Å². The smallest absolute Gasteiger partial charge is 0.312 e. The Kier molecular flexibility index (Phi) is 9.41. The highest BCUT2D eigenvalue weighted by molar-refractivity contribution is 6.33. The third-order valence-electron chi connectivity index (χ3n) is 16.8. The van der Waals surface area contributed by atoms with E-state index < -0.39 is 5.41 Å². The summed E-state index contributed by atoms with van der Waals surface area (Å²) in [5.41, 5.74) is 2.08. The zero-order valence-electron chi connectivity index (χ0n) is 31.9. The molecule has 0 radical (unpaired) electrons. The lowest BCUT2D eigenvalue weighted by Gasteiger charge is -2.71. The topological polar surface area (TPSA) is 70.1 Å². The van der Waals surface area contributed by atoms with Gasteiger partial charge in [0.1, 0.15) is 6.61 Å². The van der Waals surface area contributed by atoms with Gasteiger partial charge >= 0.3 is 5.97 Å². The molecule has 7 rings (SSSR count). The van der Waals surface area contributed by atoms with Crippen LogP contribution in [0.2, 0.25) is 5.02 Å². The highest BCUT2D eigenvalue weighted by Crippen LogP contribution is 2.75. The standard InChI is InChI=1S/C43H63ClN2O4/c1-28-14-19-43(38(49)50-27-26-45-22-24-46(25-23-45)37(48)30-10-8-9-11-32(30)44)21-20-41(6)31(36(43)29(28)2)12-13-34-40(5)17-16-35(47)39(3,4)33(40)15-18-42(34,41)7/h8-12,28-29,33-36,47H,13-27H2,1-7H3. The van der Waals surface area contributed by atoms with Gasteiger partial charge in [0, 0.05) is 32.7 Å². The summed E-state index contributed by atoms with van der Waals surface area (Å²) in [5, 5.41) is 11.6. The van der Waals surface area contributed by atoms with Gasteiger partial charge in [-0.3, -0.25) is 14.5 Å². The number of rotatable bonds is 5. The number of esters is 1. The number of halogens is 1. The number of hydrogen-bond acceptors (Lipinski definition) is 5. The number of allylic oxidation sites excluding steroid dienone is 2. The monoisotopic (exact) mass is 706 g/mol. The fraction of sp³-hybridized carbons (Fsp3) is 0.767. The second kappa shape index (κ2) is 12.9. The lowest BCUT2D eigenvalue weighted by molar-refractivity contribution is -0.207. The van der Waals surface area contributed by atoms with Crippen molar-refractivity contribution in [2.24, 2.45) is 56.7 Å². The van der Waals surface area contributed by atoms with Crippen LogP contribution in [-0.4, -0.2) is 72.2 Å². The van der Waals surface area contributed by atoms with Crippen molar-refractivity contribution >= 4 is 23.5 Å². The van der Waals surface area contributed by atoms with Crippen molar-refractivity contribution in [2.45, 2.75) is 112 Å². The molecule has 7 heteroatoms. The zero-order chi connectivity index (χ0) is 35.9. The van der Waals surface area contributed by atoms with E-state index in [-0.39, 0.29) is 45.6 Å².